The van der Waals surface area contributed by atoms with Crippen molar-refractivity contribution in [2.75, 3.05) is 14.1 Å². The minimum Gasteiger partial charge on any atom is -0.463 e. The molecule has 1 aromatic carbocycles. The van der Waals surface area contributed by atoms with E-state index < -0.39 is 0 Å². The molecule has 0 spiro atoms. The lowest BCUT2D eigenvalue weighted by Crippen LogP contribution is -2.17. The molecule has 2 rings (SSSR count). The normalized spacial score (nSPS) is 11.2. The third-order valence-electron chi connectivity index (χ3n) is 3.23. The molecule has 1 heterocycles. The quantitative estimate of drug-likeness (QED) is 0.882. The van der Waals surface area contributed by atoms with E-state index >= 15 is 0 Å². The lowest BCUT2D eigenvalue weighted by Gasteiger charge is -2.16. The van der Waals surface area contributed by atoms with Gasteiger partial charge in [0.15, 0.2) is 0 Å². The smallest absolute Gasteiger partial charge is 0.120 e. The van der Waals surface area contributed by atoms with Crippen LogP contribution in [0.2, 0.25) is 5.02 Å². The molecular weight excluding hydrogens is 272 g/mol. The Morgan fingerprint density at radius 3 is 2.70 bits per heavy atom. The summed E-state index contributed by atoms with van der Waals surface area (Å²) >= 11 is 6.18. The summed E-state index contributed by atoms with van der Waals surface area (Å²) in [7, 11) is 3.99. The Morgan fingerprint density at radius 1 is 1.25 bits per heavy atom. The Balaban J connectivity index is 1.99. The van der Waals surface area contributed by atoms with Crippen LogP contribution < -0.4 is 5.32 Å². The van der Waals surface area contributed by atoms with Gasteiger partial charge in [-0.15, -0.1) is 0 Å². The number of halogens is 1. The Labute approximate surface area is 125 Å². The molecule has 1 aromatic heterocycles. The molecule has 3 nitrogen and oxygen atoms in total. The van der Waals surface area contributed by atoms with Gasteiger partial charge in [0, 0.05) is 11.6 Å². The first-order valence-electron chi connectivity index (χ1n) is 6.75. The van der Waals surface area contributed by atoms with E-state index in [0.29, 0.717) is 0 Å². The second-order valence-electron chi connectivity index (χ2n) is 5.11. The molecule has 0 unspecified atom stereocenters. The number of rotatable bonds is 6. The molecule has 0 saturated carbocycles. The molecule has 0 bridgehead atoms. The fraction of sp³-hybridized carbons (Fsp3) is 0.375. The first-order chi connectivity index (χ1) is 9.60. The average Bonchev–Trinajstić information content (AvgIpc) is 2.73. The summed E-state index contributed by atoms with van der Waals surface area (Å²) in [6.07, 6.45) is 0. The molecule has 0 aliphatic carbocycles. The molecular formula is C16H21ClN2O. The molecule has 2 aromatic rings. The topological polar surface area (TPSA) is 28.4 Å². The first kappa shape index (κ1) is 15.1. The summed E-state index contributed by atoms with van der Waals surface area (Å²) in [5.41, 5.74) is 2.33. The molecule has 20 heavy (non-hydrogen) atoms. The highest BCUT2D eigenvalue weighted by Gasteiger charge is 2.10. The van der Waals surface area contributed by atoms with Crippen LogP contribution in [0.25, 0.3) is 0 Å². The predicted octanol–water partition coefficient (Wildman–Crippen LogP) is 3.59. The maximum atomic E-state index is 6.18. The number of furan rings is 1. The summed E-state index contributed by atoms with van der Waals surface area (Å²) < 4.78 is 5.86. The number of hydrogen-bond donors (Lipinski definition) is 1. The minimum atomic E-state index is 0.764. The number of aryl methyl sites for hydroxylation is 1. The molecule has 4 heteroatoms. The van der Waals surface area contributed by atoms with Crippen molar-refractivity contribution in [2.24, 2.45) is 0 Å². The van der Waals surface area contributed by atoms with Gasteiger partial charge in [-0.25, -0.2) is 0 Å². The zero-order valence-electron chi connectivity index (χ0n) is 12.2. The highest BCUT2D eigenvalue weighted by molar-refractivity contribution is 6.31. The van der Waals surface area contributed by atoms with Crippen molar-refractivity contribution in [1.82, 2.24) is 10.2 Å². The highest BCUT2D eigenvalue weighted by atomic mass is 35.5. The van der Waals surface area contributed by atoms with Gasteiger partial charge in [-0.05, 0) is 44.3 Å². The van der Waals surface area contributed by atoms with Gasteiger partial charge in [0.25, 0.3) is 0 Å². The van der Waals surface area contributed by atoms with Crippen molar-refractivity contribution in [1.29, 1.82) is 0 Å². The van der Waals surface area contributed by atoms with E-state index in [2.05, 4.69) is 36.3 Å². The molecule has 0 aliphatic heterocycles. The lowest BCUT2D eigenvalue weighted by molar-refractivity contribution is 0.283. The van der Waals surface area contributed by atoms with E-state index in [4.69, 9.17) is 16.0 Å². The van der Waals surface area contributed by atoms with Crippen LogP contribution >= 0.6 is 11.6 Å². The van der Waals surface area contributed by atoms with E-state index in [-0.39, 0.29) is 0 Å². The van der Waals surface area contributed by atoms with Crippen LogP contribution in [0.4, 0.5) is 0 Å². The van der Waals surface area contributed by atoms with E-state index in [1.54, 1.807) is 0 Å². The lowest BCUT2D eigenvalue weighted by atomic mass is 10.2. The third kappa shape index (κ3) is 3.85. The van der Waals surface area contributed by atoms with Gasteiger partial charge in [0.2, 0.25) is 0 Å². The van der Waals surface area contributed by atoms with Crippen molar-refractivity contribution in [2.45, 2.75) is 26.6 Å². The van der Waals surface area contributed by atoms with Gasteiger partial charge in [-0.1, -0.05) is 29.8 Å². The van der Waals surface area contributed by atoms with E-state index in [0.717, 1.165) is 41.7 Å². The summed E-state index contributed by atoms with van der Waals surface area (Å²) in [6, 6.07) is 10.0. The van der Waals surface area contributed by atoms with Crippen LogP contribution in [-0.2, 0) is 19.6 Å². The highest BCUT2D eigenvalue weighted by Crippen LogP contribution is 2.19. The van der Waals surface area contributed by atoms with Gasteiger partial charge in [-0.3, -0.25) is 4.90 Å². The summed E-state index contributed by atoms with van der Waals surface area (Å²) in [5, 5.41) is 3.92. The summed E-state index contributed by atoms with van der Waals surface area (Å²) in [6.45, 7) is 4.42. The molecule has 0 aliphatic rings. The standard InChI is InChI=1S/C16H21ClN2O/c1-12-8-14(20-16(12)9-18-2)11-19(3)10-13-6-4-5-7-15(13)17/h4-8,18H,9-11H2,1-3H3. The van der Waals surface area contributed by atoms with Gasteiger partial charge >= 0.3 is 0 Å². The van der Waals surface area contributed by atoms with Crippen LogP contribution in [0.15, 0.2) is 34.7 Å². The SMILES string of the molecule is CNCc1oc(CN(C)Cc2ccccc2Cl)cc1C. The first-order valence-corrected chi connectivity index (χ1v) is 7.12. The molecule has 0 fully saturated rings. The van der Waals surface area contributed by atoms with Crippen LogP contribution in [0.5, 0.6) is 0 Å². The third-order valence-corrected chi connectivity index (χ3v) is 3.60. The maximum absolute atomic E-state index is 6.18. The molecule has 1 N–H and O–H groups in total. The maximum Gasteiger partial charge on any atom is 0.120 e. The van der Waals surface area contributed by atoms with Crippen molar-refractivity contribution in [3.05, 3.63) is 58.0 Å². The fourth-order valence-electron chi connectivity index (χ4n) is 2.24. The summed E-state index contributed by atoms with van der Waals surface area (Å²) in [4.78, 5) is 2.20. The fourth-order valence-corrected chi connectivity index (χ4v) is 2.44. The van der Waals surface area contributed by atoms with Gasteiger partial charge in [-0.2, -0.15) is 0 Å². The van der Waals surface area contributed by atoms with Gasteiger partial charge in [0.1, 0.15) is 11.5 Å². The monoisotopic (exact) mass is 292 g/mol. The van der Waals surface area contributed by atoms with Gasteiger partial charge in [0.05, 0.1) is 13.1 Å². The average molecular weight is 293 g/mol. The second kappa shape index (κ2) is 6.93. The largest absolute Gasteiger partial charge is 0.463 e. The molecule has 0 amide bonds. The molecule has 0 atom stereocenters. The van der Waals surface area contributed by atoms with E-state index in [1.807, 2.05) is 25.2 Å². The Kier molecular flexibility index (Phi) is 5.24. The molecule has 0 radical (unpaired) electrons. The Bertz CT molecular complexity index is 565. The number of nitrogens with zero attached hydrogens (tertiary/aromatic N) is 1. The zero-order valence-corrected chi connectivity index (χ0v) is 13.0. The van der Waals surface area contributed by atoms with Crippen LogP contribution in [0.3, 0.4) is 0 Å². The minimum absolute atomic E-state index is 0.764. The Morgan fingerprint density at radius 2 is 2.00 bits per heavy atom. The molecule has 0 saturated heterocycles. The second-order valence-corrected chi connectivity index (χ2v) is 5.52. The van der Waals surface area contributed by atoms with Crippen LogP contribution in [0, 0.1) is 6.92 Å². The van der Waals surface area contributed by atoms with Gasteiger partial charge < -0.3 is 9.73 Å². The van der Waals surface area contributed by atoms with Crippen molar-refractivity contribution in [3.8, 4) is 0 Å². The van der Waals surface area contributed by atoms with E-state index in [9.17, 15) is 0 Å². The van der Waals surface area contributed by atoms with Crippen molar-refractivity contribution >= 4 is 11.6 Å². The van der Waals surface area contributed by atoms with Crippen LogP contribution in [0.1, 0.15) is 22.6 Å². The molecule has 108 valence electrons. The van der Waals surface area contributed by atoms with Crippen molar-refractivity contribution < 1.29 is 4.42 Å². The van der Waals surface area contributed by atoms with Crippen LogP contribution in [-0.4, -0.2) is 19.0 Å². The zero-order chi connectivity index (χ0) is 14.5. The predicted molar refractivity (Wildman–Crippen MR) is 82.8 cm³/mol. The Hall–Kier alpha value is -1.29. The number of nitrogens with one attached hydrogen (secondary N) is 1. The summed E-state index contributed by atoms with van der Waals surface area (Å²) in [5.74, 6) is 2.00. The van der Waals surface area contributed by atoms with Crippen molar-refractivity contribution in [3.63, 3.8) is 0 Å². The number of benzene rings is 1. The number of hydrogen-bond acceptors (Lipinski definition) is 3. The van der Waals surface area contributed by atoms with E-state index in [1.165, 1.54) is 5.56 Å².